The number of aliphatic hydroxyl groups excluding tert-OH is 1. The van der Waals surface area contributed by atoms with Gasteiger partial charge in [-0.2, -0.15) is 0 Å². The van der Waals surface area contributed by atoms with Gasteiger partial charge in [0.25, 0.3) is 5.91 Å². The Morgan fingerprint density at radius 1 is 0.922 bits per heavy atom. The highest BCUT2D eigenvalue weighted by atomic mass is 16.5. The molecule has 4 aromatic rings. The van der Waals surface area contributed by atoms with Gasteiger partial charge in [-0.1, -0.05) is 58.8 Å². The number of nitrogens with one attached hydrogen (secondary N) is 1. The van der Waals surface area contributed by atoms with Gasteiger partial charge in [-0.25, -0.2) is 4.99 Å². The molecular weight excluding hydrogens is 656 g/mol. The fraction of sp³-hybridized carbons (Fsp3) is 0.278. The minimum atomic E-state index is -1.71. The Morgan fingerprint density at radius 3 is 2.22 bits per heavy atom. The third-order valence-electron chi connectivity index (χ3n) is 8.18. The maximum Gasteiger partial charge on any atom is 0.252 e. The predicted molar refractivity (Wildman–Crippen MR) is 189 cm³/mol. The van der Waals surface area contributed by atoms with Crippen molar-refractivity contribution in [2.24, 2.45) is 15.2 Å². The van der Waals surface area contributed by atoms with E-state index in [0.29, 0.717) is 64.0 Å². The smallest absolute Gasteiger partial charge is 0.252 e. The van der Waals surface area contributed by atoms with E-state index >= 15 is 0 Å². The lowest BCUT2D eigenvalue weighted by Gasteiger charge is -2.32. The fourth-order valence-corrected chi connectivity index (χ4v) is 5.78. The van der Waals surface area contributed by atoms with Gasteiger partial charge < -0.3 is 34.1 Å². The van der Waals surface area contributed by atoms with Crippen LogP contribution in [-0.4, -0.2) is 57.0 Å². The van der Waals surface area contributed by atoms with Crippen LogP contribution in [0.3, 0.4) is 0 Å². The molecule has 0 spiro atoms. The van der Waals surface area contributed by atoms with E-state index in [1.54, 1.807) is 84.9 Å². The Kier molecular flexibility index (Phi) is 11.8. The van der Waals surface area contributed by atoms with Crippen LogP contribution in [0.25, 0.3) is 20.9 Å². The van der Waals surface area contributed by atoms with Gasteiger partial charge >= 0.3 is 0 Å². The molecule has 262 valence electrons. The van der Waals surface area contributed by atoms with Crippen LogP contribution in [0.4, 0.5) is 11.4 Å². The third-order valence-corrected chi connectivity index (χ3v) is 8.18. The SMILES string of the molecule is COc1cc(CNC(=O)[C@]2(Cc3ccccc3N=[N+]=[N-])N=C(c3ccc(OCCCO)cc3)O[C@@H]2c2ccccc2N=[N+]=[N-])cc(OC)c1OC. The van der Waals surface area contributed by atoms with Crippen LogP contribution in [0.1, 0.15) is 34.8 Å². The van der Waals surface area contributed by atoms with E-state index in [2.05, 4.69) is 25.4 Å². The summed E-state index contributed by atoms with van der Waals surface area (Å²) in [6.45, 7) is 0.379. The van der Waals surface area contributed by atoms with Gasteiger partial charge in [-0.05, 0) is 58.6 Å². The normalized spacial score (nSPS) is 16.1. The van der Waals surface area contributed by atoms with Crippen molar-refractivity contribution in [3.05, 3.63) is 128 Å². The van der Waals surface area contributed by atoms with Crippen LogP contribution >= 0.6 is 0 Å². The van der Waals surface area contributed by atoms with E-state index in [-0.39, 0.29) is 31.2 Å². The number of methoxy groups -OCH3 is 3. The van der Waals surface area contributed by atoms with Crippen molar-refractivity contribution in [2.75, 3.05) is 34.5 Å². The Labute approximate surface area is 293 Å². The molecule has 1 aliphatic rings. The highest BCUT2D eigenvalue weighted by Gasteiger charge is 2.54. The molecule has 0 aromatic heterocycles. The highest BCUT2D eigenvalue weighted by Crippen LogP contribution is 2.46. The first-order chi connectivity index (χ1) is 24.9. The highest BCUT2D eigenvalue weighted by molar-refractivity contribution is 6.01. The molecule has 1 amide bonds. The Bertz CT molecular complexity index is 1970. The first-order valence-electron chi connectivity index (χ1n) is 15.9. The fourth-order valence-electron chi connectivity index (χ4n) is 5.78. The molecule has 4 aromatic carbocycles. The molecule has 0 saturated carbocycles. The Morgan fingerprint density at radius 2 is 1.57 bits per heavy atom. The predicted octanol–water partition coefficient (Wildman–Crippen LogP) is 7.17. The van der Waals surface area contributed by atoms with Crippen molar-refractivity contribution < 1.29 is 33.6 Å². The monoisotopic (exact) mass is 692 g/mol. The zero-order valence-electron chi connectivity index (χ0n) is 28.2. The number of hydrogen-bond acceptors (Lipinski definition) is 10. The maximum atomic E-state index is 14.8. The second-order valence-corrected chi connectivity index (χ2v) is 11.2. The molecule has 51 heavy (non-hydrogen) atoms. The summed E-state index contributed by atoms with van der Waals surface area (Å²) in [6, 6.07) is 24.1. The van der Waals surface area contributed by atoms with Crippen LogP contribution in [0.15, 0.2) is 100 Å². The van der Waals surface area contributed by atoms with E-state index in [9.17, 15) is 15.9 Å². The molecule has 15 heteroatoms. The summed E-state index contributed by atoms with van der Waals surface area (Å²) in [5, 5.41) is 19.9. The van der Waals surface area contributed by atoms with Gasteiger partial charge in [-0.3, -0.25) is 4.79 Å². The first kappa shape index (κ1) is 35.9. The van der Waals surface area contributed by atoms with Gasteiger partial charge in [0.15, 0.2) is 23.1 Å². The van der Waals surface area contributed by atoms with Crippen LogP contribution in [0.5, 0.6) is 23.0 Å². The van der Waals surface area contributed by atoms with Crippen molar-refractivity contribution in [2.45, 2.75) is 31.0 Å². The summed E-state index contributed by atoms with van der Waals surface area (Å²) in [7, 11) is 4.50. The van der Waals surface area contributed by atoms with E-state index in [1.807, 2.05) is 0 Å². The molecule has 0 radical (unpaired) electrons. The molecule has 15 nitrogen and oxygen atoms in total. The molecule has 2 N–H and O–H groups in total. The number of aliphatic hydroxyl groups is 1. The van der Waals surface area contributed by atoms with Crippen molar-refractivity contribution in [1.29, 1.82) is 0 Å². The minimum Gasteiger partial charge on any atom is -0.494 e. The molecule has 0 fully saturated rings. The summed E-state index contributed by atoms with van der Waals surface area (Å²) in [5.74, 6) is 1.43. The second-order valence-electron chi connectivity index (χ2n) is 11.2. The number of carbonyl (C=O) groups is 1. The number of carbonyl (C=O) groups excluding carboxylic acids is 1. The van der Waals surface area contributed by atoms with Crippen LogP contribution < -0.4 is 24.3 Å². The second kappa shape index (κ2) is 16.8. The van der Waals surface area contributed by atoms with E-state index in [4.69, 9.17) is 33.8 Å². The van der Waals surface area contributed by atoms with Gasteiger partial charge in [-0.15, -0.1) is 0 Å². The molecule has 1 heterocycles. The Hall–Kier alpha value is -6.40. The average molecular weight is 693 g/mol. The largest absolute Gasteiger partial charge is 0.494 e. The van der Waals surface area contributed by atoms with Crippen LogP contribution in [-0.2, 0) is 22.5 Å². The lowest BCUT2D eigenvalue weighted by atomic mass is 9.81. The van der Waals surface area contributed by atoms with Crippen LogP contribution in [0, 0.1) is 0 Å². The van der Waals surface area contributed by atoms with Crippen molar-refractivity contribution in [3.8, 4) is 23.0 Å². The molecule has 5 rings (SSSR count). The zero-order valence-corrected chi connectivity index (χ0v) is 28.2. The molecule has 2 atom stereocenters. The summed E-state index contributed by atoms with van der Waals surface area (Å²) in [4.78, 5) is 25.9. The number of rotatable bonds is 16. The molecule has 0 bridgehead atoms. The maximum absolute atomic E-state index is 14.8. The summed E-state index contributed by atoms with van der Waals surface area (Å²) >= 11 is 0. The lowest BCUT2D eigenvalue weighted by molar-refractivity contribution is -0.129. The van der Waals surface area contributed by atoms with Crippen molar-refractivity contribution >= 4 is 23.2 Å². The number of hydrogen-bond donors (Lipinski definition) is 2. The van der Waals surface area contributed by atoms with Gasteiger partial charge in [0.05, 0.1) is 27.9 Å². The summed E-state index contributed by atoms with van der Waals surface area (Å²) < 4.78 is 28.8. The number of amides is 1. The summed E-state index contributed by atoms with van der Waals surface area (Å²) in [6.07, 6.45) is -0.687. The lowest BCUT2D eigenvalue weighted by Crippen LogP contribution is -2.49. The van der Waals surface area contributed by atoms with Crippen molar-refractivity contribution in [3.63, 3.8) is 0 Å². The Balaban J connectivity index is 1.65. The summed E-state index contributed by atoms with van der Waals surface area (Å²) in [5.41, 5.74) is 19.8. The zero-order chi connectivity index (χ0) is 36.2. The molecule has 0 saturated heterocycles. The molecule has 1 aliphatic heterocycles. The third kappa shape index (κ3) is 7.92. The van der Waals surface area contributed by atoms with Gasteiger partial charge in [0.1, 0.15) is 5.75 Å². The number of nitrogens with zero attached hydrogens (tertiary/aromatic N) is 7. The number of benzene rings is 4. The molecule has 0 aliphatic carbocycles. The van der Waals surface area contributed by atoms with E-state index in [1.165, 1.54) is 21.3 Å². The first-order valence-corrected chi connectivity index (χ1v) is 15.9. The number of aliphatic imine (C=N–C) groups is 1. The molecular formula is C36H36N8O7. The quantitative estimate of drug-likeness (QED) is 0.0535. The van der Waals surface area contributed by atoms with Crippen LogP contribution in [0.2, 0.25) is 0 Å². The van der Waals surface area contributed by atoms with E-state index < -0.39 is 17.6 Å². The standard InChI is InChI=1S/C36H36N8O7/c1-47-30-19-23(20-31(48-2)32(30)49-3)22-39-35(46)36(21-25-9-4-6-11-28(25)41-43-37)33(27-10-5-7-12-29(27)42-44-38)51-34(40-36)24-13-15-26(16-14-24)50-18-8-17-45/h4-7,9-16,19-20,33,45H,8,17-18,21-22H2,1-3H3,(H,39,46)/t33-,36-/m1/s1. The van der Waals surface area contributed by atoms with Gasteiger partial charge in [0.2, 0.25) is 11.6 Å². The minimum absolute atomic E-state index is 0.00788. The van der Waals surface area contributed by atoms with E-state index in [0.717, 1.165) is 0 Å². The van der Waals surface area contributed by atoms with Crippen molar-refractivity contribution in [1.82, 2.24) is 5.32 Å². The number of azide groups is 2. The molecule has 0 unspecified atom stereocenters. The number of ether oxygens (including phenoxy) is 5. The average Bonchev–Trinajstić information content (AvgIpc) is 3.55. The topological polar surface area (TPSA) is 205 Å². The van der Waals surface area contributed by atoms with Gasteiger partial charge in [0, 0.05) is 58.3 Å².